The van der Waals surface area contributed by atoms with Crippen LogP contribution in [0.3, 0.4) is 0 Å². The number of carbonyl (C=O) groups is 2. The highest BCUT2D eigenvalue weighted by Crippen LogP contribution is 2.79. The number of aliphatic hydroxyl groups is 2. The second kappa shape index (κ2) is 5.78. The Bertz CT molecular complexity index is 1220. The zero-order valence-electron chi connectivity index (χ0n) is 21.4. The molecule has 36 heavy (non-hydrogen) atoms. The lowest BCUT2D eigenvalue weighted by Gasteiger charge is -2.61. The van der Waals surface area contributed by atoms with Crippen LogP contribution >= 0.6 is 0 Å². The van der Waals surface area contributed by atoms with Crippen molar-refractivity contribution in [3.8, 4) is 0 Å². The van der Waals surface area contributed by atoms with Crippen LogP contribution in [-0.4, -0.2) is 45.6 Å². The highest BCUT2D eigenvalue weighted by Gasteiger charge is 2.82. The lowest BCUT2D eigenvalue weighted by atomic mass is 9.47. The van der Waals surface area contributed by atoms with Crippen molar-refractivity contribution in [1.82, 2.24) is 0 Å². The van der Waals surface area contributed by atoms with E-state index in [4.69, 9.17) is 9.47 Å². The second-order valence-corrected chi connectivity index (χ2v) is 13.8. The fraction of sp³-hybridized carbons (Fsp3) is 0.667. The van der Waals surface area contributed by atoms with Crippen molar-refractivity contribution in [3.63, 3.8) is 0 Å². The molecule has 0 aromatic carbocycles. The molecule has 0 spiro atoms. The molecule has 2 heterocycles. The molecule has 190 valence electrons. The van der Waals surface area contributed by atoms with Gasteiger partial charge in [-0.15, -0.1) is 0 Å². The maximum atomic E-state index is 13.3. The predicted molar refractivity (Wildman–Crippen MR) is 129 cm³/mol. The van der Waals surface area contributed by atoms with Gasteiger partial charge in [-0.2, -0.15) is 0 Å². The summed E-state index contributed by atoms with van der Waals surface area (Å²) in [6.45, 7) is 16.6. The van der Waals surface area contributed by atoms with Crippen molar-refractivity contribution >= 4 is 11.9 Å². The fourth-order valence-corrected chi connectivity index (χ4v) is 10.9. The molecule has 6 saturated carbocycles. The Balaban J connectivity index is 1.40. The number of hydrogen-bond acceptors (Lipinski definition) is 6. The summed E-state index contributed by atoms with van der Waals surface area (Å²) >= 11 is 0. The second-order valence-electron chi connectivity index (χ2n) is 13.8. The lowest BCUT2D eigenvalue weighted by molar-refractivity contribution is -0.219. The molecule has 0 amide bonds. The summed E-state index contributed by atoms with van der Waals surface area (Å²) in [5, 5.41) is 24.0. The van der Waals surface area contributed by atoms with Crippen LogP contribution in [0, 0.1) is 46.3 Å². The Hall–Kier alpha value is -2.18. The Labute approximate surface area is 211 Å². The first-order chi connectivity index (χ1) is 16.8. The highest BCUT2D eigenvalue weighted by molar-refractivity contribution is 5.97. The van der Waals surface area contributed by atoms with Crippen LogP contribution in [0.15, 0.2) is 46.6 Å². The SMILES string of the molecule is C=C1C2CC2C2(C)CC3(C45CC6(C)C7CC7C(=C)C6C(O)C4=C(C)C(=O)O5)OC(=O)C(C)=C3C(O)C12. The molecule has 0 saturated heterocycles. The monoisotopic (exact) mass is 490 g/mol. The molecule has 2 aliphatic heterocycles. The van der Waals surface area contributed by atoms with Crippen LogP contribution in [0.5, 0.6) is 0 Å². The van der Waals surface area contributed by atoms with Crippen LogP contribution < -0.4 is 0 Å². The Morgan fingerprint density at radius 2 is 1.11 bits per heavy atom. The maximum Gasteiger partial charge on any atom is 0.334 e. The van der Waals surface area contributed by atoms with E-state index >= 15 is 0 Å². The summed E-state index contributed by atoms with van der Waals surface area (Å²) in [6, 6.07) is 0. The third kappa shape index (κ3) is 1.94. The summed E-state index contributed by atoms with van der Waals surface area (Å²) in [4.78, 5) is 26.7. The Kier molecular flexibility index (Phi) is 3.51. The summed E-state index contributed by atoms with van der Waals surface area (Å²) in [7, 11) is 0. The summed E-state index contributed by atoms with van der Waals surface area (Å²) in [5.41, 5.74) is 0.630. The van der Waals surface area contributed by atoms with Gasteiger partial charge in [0.1, 0.15) is 0 Å². The zero-order chi connectivity index (χ0) is 25.5. The molecule has 6 nitrogen and oxygen atoms in total. The molecular formula is C30H34O6. The number of carbonyl (C=O) groups excluding carboxylic acids is 2. The number of rotatable bonds is 1. The van der Waals surface area contributed by atoms with E-state index in [2.05, 4.69) is 27.0 Å². The molecule has 6 aliphatic carbocycles. The van der Waals surface area contributed by atoms with Crippen LogP contribution in [0.4, 0.5) is 0 Å². The van der Waals surface area contributed by atoms with Crippen LogP contribution in [-0.2, 0) is 19.1 Å². The lowest BCUT2D eigenvalue weighted by Crippen LogP contribution is -2.69. The van der Waals surface area contributed by atoms with Crippen molar-refractivity contribution in [3.05, 3.63) is 46.6 Å². The van der Waals surface area contributed by atoms with Gasteiger partial charge in [0.2, 0.25) is 0 Å². The minimum absolute atomic E-state index is 0.160. The van der Waals surface area contributed by atoms with Crippen LogP contribution in [0.25, 0.3) is 0 Å². The standard InChI is InChI=1S/C30H34O6/c1-11-15-7-17(15)27(5)9-29(21(23(31)19(11)27)13(3)25(33)35-29)30-10-28(6)18-8-16(18)12(2)20(28)24(32)22(30)14(4)26(34)36-30/h15-20,23-24,31-32H,1-2,7-10H2,3-6H3. The van der Waals surface area contributed by atoms with Crippen molar-refractivity contribution in [2.24, 2.45) is 46.3 Å². The van der Waals surface area contributed by atoms with E-state index in [1.807, 2.05) is 0 Å². The molecule has 12 unspecified atom stereocenters. The number of hydrogen-bond donors (Lipinski definition) is 2. The van der Waals surface area contributed by atoms with Crippen molar-refractivity contribution in [2.45, 2.75) is 76.8 Å². The molecule has 2 N–H and O–H groups in total. The minimum Gasteiger partial charge on any atom is -0.446 e. The van der Waals surface area contributed by atoms with E-state index in [1.54, 1.807) is 13.8 Å². The van der Waals surface area contributed by atoms with Gasteiger partial charge in [-0.3, -0.25) is 0 Å². The quantitative estimate of drug-likeness (QED) is 0.432. The first-order valence-electron chi connectivity index (χ1n) is 13.5. The average Bonchev–Trinajstić information content (AvgIpc) is 3.67. The van der Waals surface area contributed by atoms with E-state index in [0.717, 1.165) is 24.0 Å². The third-order valence-electron chi connectivity index (χ3n) is 12.4. The highest BCUT2D eigenvalue weighted by atomic mass is 16.6. The summed E-state index contributed by atoms with van der Waals surface area (Å²) < 4.78 is 12.8. The van der Waals surface area contributed by atoms with Crippen molar-refractivity contribution in [1.29, 1.82) is 0 Å². The van der Waals surface area contributed by atoms with Gasteiger partial charge < -0.3 is 19.7 Å². The van der Waals surface area contributed by atoms with Gasteiger partial charge >= 0.3 is 11.9 Å². The van der Waals surface area contributed by atoms with Crippen LogP contribution in [0.2, 0.25) is 0 Å². The molecule has 0 bridgehead atoms. The van der Waals surface area contributed by atoms with Crippen molar-refractivity contribution < 1.29 is 29.3 Å². The van der Waals surface area contributed by atoms with Gasteiger partial charge in [0, 0.05) is 47.0 Å². The molecule has 0 aromatic heterocycles. The van der Waals surface area contributed by atoms with Gasteiger partial charge in [-0.05, 0) is 61.2 Å². The van der Waals surface area contributed by atoms with Gasteiger partial charge in [0.25, 0.3) is 0 Å². The smallest absolute Gasteiger partial charge is 0.334 e. The molecule has 12 atom stereocenters. The number of ether oxygens (including phenoxy) is 2. The number of aliphatic hydroxyl groups excluding tert-OH is 2. The summed E-state index contributed by atoms with van der Waals surface area (Å²) in [6.07, 6.45) is 1.07. The average molecular weight is 491 g/mol. The normalized spacial score (nSPS) is 57.6. The fourth-order valence-electron chi connectivity index (χ4n) is 10.9. The predicted octanol–water partition coefficient (Wildman–Crippen LogP) is 3.40. The van der Waals surface area contributed by atoms with E-state index in [1.165, 1.54) is 0 Å². The van der Waals surface area contributed by atoms with Gasteiger partial charge in [0.05, 0.1) is 12.2 Å². The Morgan fingerprint density at radius 3 is 1.47 bits per heavy atom. The maximum absolute atomic E-state index is 13.3. The van der Waals surface area contributed by atoms with Crippen molar-refractivity contribution in [2.75, 3.05) is 0 Å². The largest absolute Gasteiger partial charge is 0.446 e. The zero-order valence-corrected chi connectivity index (χ0v) is 21.4. The number of fused-ring (bicyclic) bond motifs is 9. The molecule has 8 rings (SSSR count). The van der Waals surface area contributed by atoms with Crippen LogP contribution in [0.1, 0.15) is 53.4 Å². The van der Waals surface area contributed by atoms with Gasteiger partial charge in [-0.1, -0.05) is 38.2 Å². The minimum atomic E-state index is -1.34. The molecule has 6 fully saturated rings. The molecule has 8 aliphatic rings. The van der Waals surface area contributed by atoms with E-state index in [-0.39, 0.29) is 22.7 Å². The van der Waals surface area contributed by atoms with Gasteiger partial charge in [0.15, 0.2) is 11.2 Å². The van der Waals surface area contributed by atoms with E-state index < -0.39 is 35.3 Å². The summed E-state index contributed by atoms with van der Waals surface area (Å²) in [5.74, 6) is 0.224. The molecule has 6 heteroatoms. The molecular weight excluding hydrogens is 456 g/mol. The molecule has 0 aromatic rings. The molecule has 0 radical (unpaired) electrons. The van der Waals surface area contributed by atoms with E-state index in [9.17, 15) is 19.8 Å². The first kappa shape index (κ1) is 21.9. The van der Waals surface area contributed by atoms with Gasteiger partial charge in [-0.25, -0.2) is 9.59 Å². The Morgan fingerprint density at radius 1 is 0.750 bits per heavy atom. The number of esters is 2. The first-order valence-corrected chi connectivity index (χ1v) is 13.5. The topological polar surface area (TPSA) is 93.1 Å². The van der Waals surface area contributed by atoms with E-state index in [0.29, 0.717) is 58.8 Å². The third-order valence-corrected chi connectivity index (χ3v) is 12.4.